The molecule has 7 heteroatoms. The minimum absolute atomic E-state index is 0.00590. The van der Waals surface area contributed by atoms with Crippen LogP contribution in [0.4, 0.5) is 9.18 Å². The summed E-state index contributed by atoms with van der Waals surface area (Å²) in [4.78, 5) is 29.2. The summed E-state index contributed by atoms with van der Waals surface area (Å²) in [7, 11) is 0. The molecular weight excluding hydrogens is 445 g/mol. The Kier molecular flexibility index (Phi) is 6.84. The Morgan fingerprint density at radius 3 is 2.86 bits per heavy atom. The van der Waals surface area contributed by atoms with Crippen LogP contribution in [0.3, 0.4) is 0 Å². The maximum atomic E-state index is 13.6. The van der Waals surface area contributed by atoms with Crippen molar-refractivity contribution in [3.8, 4) is 11.1 Å². The van der Waals surface area contributed by atoms with Crippen LogP contribution in [0.1, 0.15) is 38.3 Å². The van der Waals surface area contributed by atoms with Crippen LogP contribution in [0.15, 0.2) is 48.7 Å². The number of allylic oxidation sites excluding steroid dienone is 1. The van der Waals surface area contributed by atoms with Crippen molar-refractivity contribution < 1.29 is 18.7 Å². The lowest BCUT2D eigenvalue weighted by molar-refractivity contribution is -0.126. The fraction of sp³-hybridized carbons (Fsp3) is 0.464. The van der Waals surface area contributed by atoms with Gasteiger partial charge in [-0.3, -0.25) is 9.78 Å². The molecule has 2 N–H and O–H groups in total. The molecule has 6 nitrogen and oxygen atoms in total. The predicted molar refractivity (Wildman–Crippen MR) is 132 cm³/mol. The zero-order chi connectivity index (χ0) is 24.4. The van der Waals surface area contributed by atoms with Crippen LogP contribution in [0.5, 0.6) is 0 Å². The summed E-state index contributed by atoms with van der Waals surface area (Å²) in [6.07, 6.45) is 9.42. The Morgan fingerprint density at radius 1 is 1.20 bits per heavy atom. The van der Waals surface area contributed by atoms with Gasteiger partial charge in [-0.05, 0) is 86.1 Å². The molecule has 2 saturated carbocycles. The number of amides is 2. The summed E-state index contributed by atoms with van der Waals surface area (Å²) >= 11 is 0. The minimum atomic E-state index is -0.341. The van der Waals surface area contributed by atoms with Gasteiger partial charge in [0.1, 0.15) is 5.82 Å². The maximum absolute atomic E-state index is 13.6. The molecule has 2 heterocycles. The number of nitrogens with one attached hydrogen (secondary N) is 2. The van der Waals surface area contributed by atoms with Crippen LogP contribution in [0.2, 0.25) is 0 Å². The van der Waals surface area contributed by atoms with Crippen molar-refractivity contribution in [1.29, 1.82) is 0 Å². The Morgan fingerprint density at radius 2 is 2.09 bits per heavy atom. The van der Waals surface area contributed by atoms with Crippen molar-refractivity contribution >= 4 is 18.1 Å². The highest BCUT2D eigenvalue weighted by molar-refractivity contribution is 5.82. The van der Waals surface area contributed by atoms with Gasteiger partial charge in [0.15, 0.2) is 0 Å². The number of aromatic nitrogens is 1. The molecule has 184 valence electrons. The molecule has 1 aromatic carbocycles. The molecule has 5 rings (SSSR count). The van der Waals surface area contributed by atoms with Crippen molar-refractivity contribution in [2.45, 2.75) is 38.6 Å². The molecule has 1 aliphatic heterocycles. The average molecular weight is 478 g/mol. The minimum Gasteiger partial charge on any atom is -0.450 e. The number of nitrogens with zero attached hydrogens (tertiary/aromatic N) is 1. The SMILES string of the molecule is CCOC(=O)N[C@@H]1CC[C@@H]2[C@@H](C1)C[C@H]1CNC(=O)[C@H]1[C@H]2/C=C/c1ccc(-c2cccc(F)c2)cn1. The Balaban J connectivity index is 1.32. The van der Waals surface area contributed by atoms with Crippen LogP contribution < -0.4 is 10.6 Å². The maximum Gasteiger partial charge on any atom is 0.407 e. The normalized spacial score (nSPS) is 29.8. The molecule has 6 atom stereocenters. The zero-order valence-corrected chi connectivity index (χ0v) is 20.0. The van der Waals surface area contributed by atoms with Gasteiger partial charge in [0.25, 0.3) is 0 Å². The Hall–Kier alpha value is -3.22. The lowest BCUT2D eigenvalue weighted by atomic mass is 9.58. The van der Waals surface area contributed by atoms with Crippen LogP contribution >= 0.6 is 0 Å². The lowest BCUT2D eigenvalue weighted by Gasteiger charge is -2.47. The summed E-state index contributed by atoms with van der Waals surface area (Å²) in [6.45, 7) is 2.91. The Bertz CT molecular complexity index is 1100. The fourth-order valence-electron chi connectivity index (χ4n) is 6.42. The van der Waals surface area contributed by atoms with Gasteiger partial charge in [-0.25, -0.2) is 9.18 Å². The van der Waals surface area contributed by atoms with E-state index in [-0.39, 0.29) is 35.7 Å². The van der Waals surface area contributed by atoms with E-state index < -0.39 is 0 Å². The first kappa shape index (κ1) is 23.5. The molecule has 2 aliphatic carbocycles. The first-order chi connectivity index (χ1) is 17.0. The number of alkyl carbamates (subject to hydrolysis) is 1. The monoisotopic (exact) mass is 477 g/mol. The smallest absolute Gasteiger partial charge is 0.407 e. The van der Waals surface area contributed by atoms with Gasteiger partial charge in [0.05, 0.1) is 12.3 Å². The average Bonchev–Trinajstić information content (AvgIpc) is 3.22. The number of pyridine rings is 1. The van der Waals surface area contributed by atoms with Gasteiger partial charge in [-0.2, -0.15) is 0 Å². The van der Waals surface area contributed by atoms with Gasteiger partial charge in [0, 0.05) is 30.3 Å². The number of halogens is 1. The summed E-state index contributed by atoms with van der Waals surface area (Å²) in [5, 5.41) is 6.10. The molecule has 1 saturated heterocycles. The number of hydrogen-bond acceptors (Lipinski definition) is 4. The lowest BCUT2D eigenvalue weighted by Crippen LogP contribution is -2.47. The first-order valence-electron chi connectivity index (χ1n) is 12.6. The van der Waals surface area contributed by atoms with Crippen LogP contribution in [-0.4, -0.2) is 36.2 Å². The number of rotatable bonds is 5. The quantitative estimate of drug-likeness (QED) is 0.648. The van der Waals surface area contributed by atoms with Crippen LogP contribution in [-0.2, 0) is 9.53 Å². The van der Waals surface area contributed by atoms with E-state index in [1.54, 1.807) is 12.3 Å². The number of ether oxygens (including phenoxy) is 1. The van der Waals surface area contributed by atoms with Crippen molar-refractivity contribution in [2.75, 3.05) is 13.2 Å². The second-order valence-corrected chi connectivity index (χ2v) is 9.98. The highest BCUT2D eigenvalue weighted by Crippen LogP contribution is 2.51. The molecule has 3 fully saturated rings. The third kappa shape index (κ3) is 5.09. The number of hydrogen-bond donors (Lipinski definition) is 2. The van der Waals surface area contributed by atoms with Crippen molar-refractivity contribution in [2.24, 2.45) is 29.6 Å². The summed E-state index contributed by atoms with van der Waals surface area (Å²) in [5.74, 6) is 1.22. The highest BCUT2D eigenvalue weighted by Gasteiger charge is 2.50. The molecule has 35 heavy (non-hydrogen) atoms. The van der Waals surface area contributed by atoms with E-state index in [1.807, 2.05) is 31.2 Å². The number of fused-ring (bicyclic) bond motifs is 2. The van der Waals surface area contributed by atoms with E-state index in [9.17, 15) is 14.0 Å². The molecule has 0 radical (unpaired) electrons. The third-order valence-electron chi connectivity index (χ3n) is 7.94. The van der Waals surface area contributed by atoms with E-state index in [1.165, 1.54) is 12.1 Å². The summed E-state index contributed by atoms with van der Waals surface area (Å²) in [6, 6.07) is 10.5. The summed E-state index contributed by atoms with van der Waals surface area (Å²) < 4.78 is 18.6. The van der Waals surface area contributed by atoms with Crippen molar-refractivity contribution in [1.82, 2.24) is 15.6 Å². The molecular formula is C28H32FN3O3. The second kappa shape index (κ2) is 10.2. The van der Waals surface area contributed by atoms with Gasteiger partial charge >= 0.3 is 6.09 Å². The van der Waals surface area contributed by atoms with E-state index in [0.29, 0.717) is 24.4 Å². The van der Waals surface area contributed by atoms with Crippen LogP contribution in [0.25, 0.3) is 17.2 Å². The molecule has 0 unspecified atom stereocenters. The number of carbonyl (C=O) groups excluding carboxylic acids is 2. The molecule has 0 bridgehead atoms. The molecule has 2 amide bonds. The first-order valence-corrected chi connectivity index (χ1v) is 12.6. The van der Waals surface area contributed by atoms with Gasteiger partial charge in [-0.1, -0.05) is 24.3 Å². The topological polar surface area (TPSA) is 80.3 Å². The Labute approximate surface area is 205 Å². The molecule has 3 aliphatic rings. The summed E-state index contributed by atoms with van der Waals surface area (Å²) in [5.41, 5.74) is 2.48. The van der Waals surface area contributed by atoms with E-state index in [2.05, 4.69) is 21.7 Å². The van der Waals surface area contributed by atoms with E-state index in [0.717, 1.165) is 49.0 Å². The zero-order valence-electron chi connectivity index (χ0n) is 20.0. The third-order valence-corrected chi connectivity index (χ3v) is 7.94. The molecule has 0 spiro atoms. The highest BCUT2D eigenvalue weighted by atomic mass is 19.1. The van der Waals surface area contributed by atoms with E-state index in [4.69, 9.17) is 4.74 Å². The number of carbonyl (C=O) groups is 2. The fourth-order valence-corrected chi connectivity index (χ4v) is 6.42. The van der Waals surface area contributed by atoms with Gasteiger partial charge in [0.2, 0.25) is 5.91 Å². The van der Waals surface area contributed by atoms with Crippen molar-refractivity contribution in [3.63, 3.8) is 0 Å². The second-order valence-electron chi connectivity index (χ2n) is 9.98. The molecule has 1 aromatic heterocycles. The largest absolute Gasteiger partial charge is 0.450 e. The number of benzene rings is 1. The predicted octanol–water partition coefficient (Wildman–Crippen LogP) is 4.81. The van der Waals surface area contributed by atoms with Crippen molar-refractivity contribution in [3.05, 3.63) is 60.2 Å². The van der Waals surface area contributed by atoms with E-state index >= 15 is 0 Å². The van der Waals surface area contributed by atoms with Gasteiger partial charge < -0.3 is 15.4 Å². The molecule has 2 aromatic rings. The van der Waals surface area contributed by atoms with Gasteiger partial charge in [-0.15, -0.1) is 0 Å². The van der Waals surface area contributed by atoms with Crippen LogP contribution in [0, 0.1) is 35.4 Å². The standard InChI is InChI=1S/C28H32FN3O3/c1-2-35-28(34)32-23-9-10-24-19(14-23)12-20-16-31-27(33)26(20)25(24)11-8-22-7-6-18(15-30-22)17-4-3-5-21(29)13-17/h3-8,11,13,15,19-20,23-26H,2,9-10,12,14,16H2,1H3,(H,31,33)(H,32,34)/b11-8+/t19-,20+,23-,24-,25+,26-/m1/s1.